The zero-order valence-corrected chi connectivity index (χ0v) is 5.16. The maximum absolute atomic E-state index is 10.5. The molecule has 1 rings (SSSR count). The number of nitrogens with two attached hydrogens (primary N) is 1. The number of hydrogen-bond acceptors (Lipinski definition) is 2. The minimum absolute atomic E-state index is 0.535. The lowest BCUT2D eigenvalue weighted by Gasteiger charge is -1.97. The van der Waals surface area contributed by atoms with Gasteiger partial charge < -0.3 is 10.9 Å². The highest BCUT2D eigenvalue weighted by atomic mass is 16.5. The molecule has 0 spiro atoms. The van der Waals surface area contributed by atoms with Gasteiger partial charge in [-0.25, -0.2) is 0 Å². The minimum atomic E-state index is 0.535. The summed E-state index contributed by atoms with van der Waals surface area (Å²) in [5.41, 5.74) is 6.87. The molecule has 2 N–H and O–H groups in total. The molecule has 0 atom stereocenters. The van der Waals surface area contributed by atoms with E-state index in [-0.39, 0.29) is 0 Å². The molecule has 48 valence electrons. The molecule has 3 nitrogen and oxygen atoms in total. The van der Waals surface area contributed by atoms with Crippen molar-refractivity contribution in [3.8, 4) is 0 Å². The van der Waals surface area contributed by atoms with Gasteiger partial charge in [0.05, 0.1) is 0 Å². The van der Waals surface area contributed by atoms with Crippen LogP contribution in [0.3, 0.4) is 0 Å². The van der Waals surface area contributed by atoms with E-state index in [0.717, 1.165) is 5.56 Å². The molecule has 0 aliphatic carbocycles. The van der Waals surface area contributed by atoms with Crippen molar-refractivity contribution in [2.45, 2.75) is 6.92 Å². The van der Waals surface area contributed by atoms with E-state index in [1.165, 1.54) is 12.4 Å². The number of hydrogen-bond donors (Lipinski definition) is 1. The summed E-state index contributed by atoms with van der Waals surface area (Å²) in [6.07, 6.45) is 2.76. The topological polar surface area (TPSA) is 53.0 Å². The van der Waals surface area contributed by atoms with Crippen LogP contribution in [0.1, 0.15) is 5.56 Å². The highest BCUT2D eigenvalue weighted by Gasteiger charge is 1.94. The summed E-state index contributed by atoms with van der Waals surface area (Å²) in [4.78, 5) is 0. The van der Waals surface area contributed by atoms with Crippen LogP contribution in [0.2, 0.25) is 0 Å². The van der Waals surface area contributed by atoms with Gasteiger partial charge in [-0.15, -0.1) is 0 Å². The quantitative estimate of drug-likeness (QED) is 0.397. The molecule has 1 heterocycles. The van der Waals surface area contributed by atoms with Gasteiger partial charge in [0.25, 0.3) is 0 Å². The van der Waals surface area contributed by atoms with Gasteiger partial charge >= 0.3 is 0 Å². The Bertz CT molecular complexity index is 222. The number of aryl methyl sites for hydroxylation is 1. The Labute approximate surface area is 53.3 Å². The van der Waals surface area contributed by atoms with Crippen LogP contribution in [0.4, 0.5) is 5.69 Å². The second-order valence-corrected chi connectivity index (χ2v) is 1.94. The maximum atomic E-state index is 10.5. The maximum Gasteiger partial charge on any atom is 0.203 e. The smallest absolute Gasteiger partial charge is 0.203 e. The first kappa shape index (κ1) is 5.88. The lowest BCUT2D eigenvalue weighted by molar-refractivity contribution is -0.604. The average Bonchev–Trinajstić information content (AvgIpc) is 1.80. The van der Waals surface area contributed by atoms with E-state index >= 15 is 0 Å². The summed E-state index contributed by atoms with van der Waals surface area (Å²) < 4.78 is 0.683. The Morgan fingerprint density at radius 1 is 1.67 bits per heavy atom. The van der Waals surface area contributed by atoms with Gasteiger partial charge in [-0.2, -0.15) is 4.73 Å². The van der Waals surface area contributed by atoms with Crippen molar-refractivity contribution in [3.05, 3.63) is 29.2 Å². The van der Waals surface area contributed by atoms with Gasteiger partial charge in [-0.3, -0.25) is 0 Å². The molecule has 1 aromatic heterocycles. The van der Waals surface area contributed by atoms with Gasteiger partial charge in [0, 0.05) is 6.07 Å². The highest BCUT2D eigenvalue weighted by molar-refractivity contribution is 5.40. The van der Waals surface area contributed by atoms with Crippen molar-refractivity contribution in [2.24, 2.45) is 0 Å². The molecule has 0 amide bonds. The Morgan fingerprint density at radius 2 is 2.33 bits per heavy atom. The van der Waals surface area contributed by atoms with E-state index in [9.17, 15) is 5.21 Å². The summed E-state index contributed by atoms with van der Waals surface area (Å²) in [7, 11) is 0. The van der Waals surface area contributed by atoms with Gasteiger partial charge in [-0.05, 0) is 12.5 Å². The van der Waals surface area contributed by atoms with Crippen LogP contribution >= 0.6 is 0 Å². The van der Waals surface area contributed by atoms with Crippen molar-refractivity contribution in [3.63, 3.8) is 0 Å². The molecule has 0 aliphatic rings. The van der Waals surface area contributed by atoms with Gasteiger partial charge in [-0.1, -0.05) is 0 Å². The number of pyridine rings is 1. The molecule has 1 aromatic rings. The lowest BCUT2D eigenvalue weighted by Crippen LogP contribution is -2.25. The van der Waals surface area contributed by atoms with Crippen molar-refractivity contribution in [1.29, 1.82) is 0 Å². The van der Waals surface area contributed by atoms with Crippen LogP contribution in [0.5, 0.6) is 0 Å². The summed E-state index contributed by atoms with van der Waals surface area (Å²) in [5.74, 6) is 0. The average molecular weight is 124 g/mol. The number of nitrogens with zero attached hydrogens (tertiary/aromatic N) is 1. The van der Waals surface area contributed by atoms with Gasteiger partial charge in [0.15, 0.2) is 6.20 Å². The van der Waals surface area contributed by atoms with Gasteiger partial charge in [0.1, 0.15) is 5.69 Å². The van der Waals surface area contributed by atoms with Crippen LogP contribution in [0, 0.1) is 12.1 Å². The summed E-state index contributed by atoms with van der Waals surface area (Å²) >= 11 is 0. The zero-order chi connectivity index (χ0) is 6.85. The summed E-state index contributed by atoms with van der Waals surface area (Å²) in [6, 6.07) is 1.68. The molecule has 0 aliphatic heterocycles. The molecular formula is C6H8N2O. The predicted octanol–water partition coefficient (Wildman–Crippen LogP) is 0.211. The monoisotopic (exact) mass is 124 g/mol. The molecule has 0 fully saturated rings. The van der Waals surface area contributed by atoms with E-state index in [4.69, 9.17) is 5.73 Å². The minimum Gasteiger partial charge on any atom is -0.619 e. The fourth-order valence-corrected chi connectivity index (χ4v) is 0.563. The number of aromatic nitrogens is 1. The van der Waals surface area contributed by atoms with Crippen LogP contribution in [-0.4, -0.2) is 0 Å². The van der Waals surface area contributed by atoms with Gasteiger partial charge in [0.2, 0.25) is 6.20 Å². The number of anilines is 1. The molecule has 0 saturated carbocycles. The van der Waals surface area contributed by atoms with E-state index in [1.807, 2.05) is 6.92 Å². The second-order valence-electron chi connectivity index (χ2n) is 1.94. The van der Waals surface area contributed by atoms with Crippen molar-refractivity contribution in [2.75, 3.05) is 5.73 Å². The van der Waals surface area contributed by atoms with Crippen molar-refractivity contribution < 1.29 is 4.73 Å². The molecule has 0 aromatic carbocycles. The predicted molar refractivity (Wildman–Crippen MR) is 34.6 cm³/mol. The Morgan fingerprint density at radius 3 is 2.78 bits per heavy atom. The summed E-state index contributed by atoms with van der Waals surface area (Å²) in [6.45, 7) is 1.86. The first-order chi connectivity index (χ1) is 4.20. The second kappa shape index (κ2) is 1.93. The Kier molecular flexibility index (Phi) is 1.26. The van der Waals surface area contributed by atoms with Crippen molar-refractivity contribution >= 4 is 5.69 Å². The third kappa shape index (κ3) is 1.10. The molecule has 0 unspecified atom stereocenters. The molecule has 0 bridgehead atoms. The first-order valence-electron chi connectivity index (χ1n) is 2.65. The number of rotatable bonds is 0. The Balaban J connectivity index is 3.17. The molecular weight excluding hydrogens is 116 g/mol. The van der Waals surface area contributed by atoms with Crippen LogP contribution in [0.15, 0.2) is 18.5 Å². The molecule has 0 saturated heterocycles. The summed E-state index contributed by atoms with van der Waals surface area (Å²) in [5, 5.41) is 10.5. The largest absolute Gasteiger partial charge is 0.619 e. The van der Waals surface area contributed by atoms with E-state index < -0.39 is 0 Å². The third-order valence-electron chi connectivity index (χ3n) is 1.19. The van der Waals surface area contributed by atoms with Crippen LogP contribution in [0.25, 0.3) is 0 Å². The first-order valence-corrected chi connectivity index (χ1v) is 2.65. The fraction of sp³-hybridized carbons (Fsp3) is 0.167. The van der Waals surface area contributed by atoms with Crippen LogP contribution < -0.4 is 10.5 Å². The van der Waals surface area contributed by atoms with Crippen molar-refractivity contribution in [1.82, 2.24) is 0 Å². The highest BCUT2D eigenvalue weighted by Crippen LogP contribution is 2.03. The normalized spacial score (nSPS) is 9.44. The fourth-order valence-electron chi connectivity index (χ4n) is 0.563. The zero-order valence-electron chi connectivity index (χ0n) is 5.16. The third-order valence-corrected chi connectivity index (χ3v) is 1.19. The number of nitrogen functional groups attached to an aromatic ring is 1. The lowest BCUT2D eigenvalue weighted by atomic mass is 10.3. The molecule has 3 heteroatoms. The molecule has 9 heavy (non-hydrogen) atoms. The van der Waals surface area contributed by atoms with E-state index in [2.05, 4.69) is 0 Å². The Hall–Kier alpha value is -1.25. The van der Waals surface area contributed by atoms with Crippen LogP contribution in [-0.2, 0) is 0 Å². The SMILES string of the molecule is Cc1cc[n+]([O-])cc1N. The molecule has 0 radical (unpaired) electrons. The van der Waals surface area contributed by atoms with E-state index in [0.29, 0.717) is 10.4 Å². The van der Waals surface area contributed by atoms with E-state index in [1.54, 1.807) is 6.07 Å². The standard InChI is InChI=1S/C6H8N2O/c1-5-2-3-8(9)4-6(5)7/h2-4H,7H2,1H3.